The molecule has 0 saturated carbocycles. The zero-order valence-electron chi connectivity index (χ0n) is 15.6. The van der Waals surface area contributed by atoms with E-state index in [9.17, 15) is 9.59 Å². The number of benzene rings is 1. The number of piperidine rings is 1. The highest BCUT2D eigenvalue weighted by Gasteiger charge is 2.18. The lowest BCUT2D eigenvalue weighted by molar-refractivity contribution is -0.119. The van der Waals surface area contributed by atoms with Crippen LogP contribution < -0.4 is 10.6 Å². The van der Waals surface area contributed by atoms with E-state index in [0.29, 0.717) is 17.7 Å². The number of hydrogen-bond acceptors (Lipinski definition) is 3. The summed E-state index contributed by atoms with van der Waals surface area (Å²) in [4.78, 5) is 26.4. The number of amides is 2. The van der Waals surface area contributed by atoms with Crippen molar-refractivity contribution in [2.45, 2.75) is 58.3 Å². The molecule has 1 aliphatic heterocycles. The Morgan fingerprint density at radius 1 is 1.12 bits per heavy atom. The Morgan fingerprint density at radius 2 is 1.88 bits per heavy atom. The number of nitrogens with one attached hydrogen (secondary N) is 2. The van der Waals surface area contributed by atoms with Crippen molar-refractivity contribution in [2.24, 2.45) is 0 Å². The number of rotatable bonds is 7. The Kier molecular flexibility index (Phi) is 8.54. The highest BCUT2D eigenvalue weighted by molar-refractivity contribution is 7.80. The average molecular weight is 376 g/mol. The molecule has 1 aromatic carbocycles. The van der Waals surface area contributed by atoms with Gasteiger partial charge in [-0.25, -0.2) is 0 Å². The number of nitrogens with zero attached hydrogens (tertiary/aromatic N) is 1. The minimum Gasteiger partial charge on any atom is -0.339 e. The van der Waals surface area contributed by atoms with Crippen LogP contribution in [0.4, 0.5) is 5.69 Å². The third-order valence-corrected chi connectivity index (χ3v) is 4.73. The molecule has 0 aliphatic carbocycles. The third kappa shape index (κ3) is 6.75. The van der Waals surface area contributed by atoms with Crippen LogP contribution in [0.1, 0.15) is 68.6 Å². The molecule has 0 radical (unpaired) electrons. The molecule has 0 unspecified atom stereocenters. The van der Waals surface area contributed by atoms with Gasteiger partial charge in [-0.2, -0.15) is 0 Å². The Morgan fingerprint density at radius 3 is 2.62 bits per heavy atom. The number of unbranched alkanes of at least 4 members (excludes halogenated alkanes) is 3. The second-order valence-corrected chi connectivity index (χ2v) is 7.15. The van der Waals surface area contributed by atoms with Crippen molar-refractivity contribution < 1.29 is 9.59 Å². The van der Waals surface area contributed by atoms with E-state index in [-0.39, 0.29) is 16.9 Å². The summed E-state index contributed by atoms with van der Waals surface area (Å²) >= 11 is 5.21. The summed E-state index contributed by atoms with van der Waals surface area (Å²) in [6, 6.07) is 7.27. The second-order valence-electron chi connectivity index (χ2n) is 6.75. The van der Waals surface area contributed by atoms with Gasteiger partial charge in [-0.15, -0.1) is 0 Å². The summed E-state index contributed by atoms with van der Waals surface area (Å²) in [5.74, 6) is -0.0154. The molecule has 0 atom stereocenters. The molecule has 0 aromatic heterocycles. The Bertz CT molecular complexity index is 627. The Labute approximate surface area is 161 Å². The van der Waals surface area contributed by atoms with Crippen molar-refractivity contribution >= 4 is 34.8 Å². The molecule has 6 heteroatoms. The molecule has 1 saturated heterocycles. The quantitative estimate of drug-likeness (QED) is 0.556. The lowest BCUT2D eigenvalue weighted by Crippen LogP contribution is -2.36. The van der Waals surface area contributed by atoms with Crippen molar-refractivity contribution in [3.63, 3.8) is 0 Å². The van der Waals surface area contributed by atoms with E-state index in [1.807, 2.05) is 23.1 Å². The topological polar surface area (TPSA) is 61.4 Å². The highest BCUT2D eigenvalue weighted by Crippen LogP contribution is 2.16. The van der Waals surface area contributed by atoms with E-state index >= 15 is 0 Å². The van der Waals surface area contributed by atoms with E-state index in [2.05, 4.69) is 17.6 Å². The van der Waals surface area contributed by atoms with Crippen LogP contribution in [-0.2, 0) is 4.79 Å². The number of anilines is 1. The predicted molar refractivity (Wildman–Crippen MR) is 109 cm³/mol. The molecule has 142 valence electrons. The van der Waals surface area contributed by atoms with Crippen LogP contribution >= 0.6 is 12.2 Å². The van der Waals surface area contributed by atoms with Gasteiger partial charge in [0.05, 0.1) is 0 Å². The van der Waals surface area contributed by atoms with Crippen LogP contribution in [0.2, 0.25) is 0 Å². The number of carbonyl (C=O) groups excluding carboxylic acids is 2. The Hall–Kier alpha value is -1.95. The number of carbonyl (C=O) groups is 2. The van der Waals surface area contributed by atoms with Crippen LogP contribution in [0.3, 0.4) is 0 Å². The average Bonchev–Trinajstić information content (AvgIpc) is 2.65. The van der Waals surface area contributed by atoms with Gasteiger partial charge in [0.15, 0.2) is 5.11 Å². The molecule has 5 nitrogen and oxygen atoms in total. The van der Waals surface area contributed by atoms with Gasteiger partial charge in [-0.3, -0.25) is 9.59 Å². The number of thiocarbonyl (C=S) groups is 1. The first-order chi connectivity index (χ1) is 12.6. The SMILES string of the molecule is CCCCCCC(=O)NC(=S)Nc1cccc(C(=O)N2CCCCC2)c1. The second kappa shape index (κ2) is 10.9. The lowest BCUT2D eigenvalue weighted by Gasteiger charge is -2.26. The molecule has 2 amide bonds. The van der Waals surface area contributed by atoms with Gasteiger partial charge < -0.3 is 15.5 Å². The summed E-state index contributed by atoms with van der Waals surface area (Å²) in [5, 5.41) is 5.98. The van der Waals surface area contributed by atoms with Gasteiger partial charge >= 0.3 is 0 Å². The largest absolute Gasteiger partial charge is 0.339 e. The molecule has 1 fully saturated rings. The Balaban J connectivity index is 1.84. The molecule has 2 N–H and O–H groups in total. The predicted octanol–water partition coefficient (Wildman–Crippen LogP) is 4.10. The minimum atomic E-state index is -0.0702. The van der Waals surface area contributed by atoms with Gasteiger partial charge in [0.2, 0.25) is 5.91 Å². The number of hydrogen-bond donors (Lipinski definition) is 2. The van der Waals surface area contributed by atoms with Crippen molar-refractivity contribution in [3.05, 3.63) is 29.8 Å². The summed E-state index contributed by atoms with van der Waals surface area (Å²) in [6.45, 7) is 3.79. The first-order valence-electron chi connectivity index (χ1n) is 9.60. The van der Waals surface area contributed by atoms with E-state index in [0.717, 1.165) is 51.6 Å². The molecule has 26 heavy (non-hydrogen) atoms. The van der Waals surface area contributed by atoms with Gasteiger partial charge in [-0.1, -0.05) is 32.3 Å². The van der Waals surface area contributed by atoms with Crippen LogP contribution in [0.25, 0.3) is 0 Å². The summed E-state index contributed by atoms with van der Waals surface area (Å²) < 4.78 is 0. The summed E-state index contributed by atoms with van der Waals surface area (Å²) in [6.07, 6.45) is 8.04. The fourth-order valence-electron chi connectivity index (χ4n) is 3.07. The molecular weight excluding hydrogens is 346 g/mol. The highest BCUT2D eigenvalue weighted by atomic mass is 32.1. The molecule has 1 aliphatic rings. The summed E-state index contributed by atoms with van der Waals surface area (Å²) in [7, 11) is 0. The van der Waals surface area contributed by atoms with E-state index in [1.54, 1.807) is 6.07 Å². The van der Waals surface area contributed by atoms with Crippen molar-refractivity contribution in [1.82, 2.24) is 10.2 Å². The first kappa shape index (κ1) is 20.4. The number of likely N-dealkylation sites (tertiary alicyclic amines) is 1. The molecule has 0 spiro atoms. The monoisotopic (exact) mass is 375 g/mol. The van der Waals surface area contributed by atoms with Crippen LogP contribution in [0.5, 0.6) is 0 Å². The molecule has 0 bridgehead atoms. The molecular formula is C20H29N3O2S. The van der Waals surface area contributed by atoms with Crippen LogP contribution in [0, 0.1) is 0 Å². The maximum atomic E-state index is 12.6. The van der Waals surface area contributed by atoms with Crippen LogP contribution in [0.15, 0.2) is 24.3 Å². The zero-order chi connectivity index (χ0) is 18.8. The fraction of sp³-hybridized carbons (Fsp3) is 0.550. The van der Waals surface area contributed by atoms with Gasteiger partial charge in [-0.05, 0) is 56.1 Å². The van der Waals surface area contributed by atoms with Crippen molar-refractivity contribution in [2.75, 3.05) is 18.4 Å². The van der Waals surface area contributed by atoms with Gasteiger partial charge in [0.25, 0.3) is 5.91 Å². The molecule has 1 aromatic rings. The van der Waals surface area contributed by atoms with Gasteiger partial charge in [0.1, 0.15) is 0 Å². The smallest absolute Gasteiger partial charge is 0.253 e. The maximum absolute atomic E-state index is 12.6. The fourth-order valence-corrected chi connectivity index (χ4v) is 3.31. The zero-order valence-corrected chi connectivity index (χ0v) is 16.4. The van der Waals surface area contributed by atoms with E-state index in [4.69, 9.17) is 12.2 Å². The lowest BCUT2D eigenvalue weighted by atomic mass is 10.1. The standard InChI is InChI=1S/C20H29N3O2S/c1-2-3-4-6-12-18(24)22-20(26)21-17-11-9-10-16(15-17)19(25)23-13-7-5-8-14-23/h9-11,15H,2-8,12-14H2,1H3,(H2,21,22,24,26). The molecule has 1 heterocycles. The third-order valence-electron chi connectivity index (χ3n) is 4.52. The van der Waals surface area contributed by atoms with E-state index in [1.165, 1.54) is 6.42 Å². The molecule has 2 rings (SSSR count). The van der Waals surface area contributed by atoms with E-state index < -0.39 is 0 Å². The minimum absolute atomic E-state index is 0.0548. The van der Waals surface area contributed by atoms with Crippen molar-refractivity contribution in [3.8, 4) is 0 Å². The van der Waals surface area contributed by atoms with Crippen LogP contribution in [-0.4, -0.2) is 34.9 Å². The summed E-state index contributed by atoms with van der Waals surface area (Å²) in [5.41, 5.74) is 1.36. The first-order valence-corrected chi connectivity index (χ1v) is 10.0. The normalized spacial score (nSPS) is 14.0. The maximum Gasteiger partial charge on any atom is 0.253 e. The van der Waals surface area contributed by atoms with Crippen molar-refractivity contribution in [1.29, 1.82) is 0 Å². The van der Waals surface area contributed by atoms with Gasteiger partial charge in [0, 0.05) is 30.8 Å².